The standard InChI is InChI=1S/C11H18ClN3O/c1-14-4-3-9(6-14)7-15(2)11-13-10(5-12)8-16-11/h8-9H,3-7H2,1-2H3. The second-order valence-electron chi connectivity index (χ2n) is 4.55. The maximum atomic E-state index is 5.69. The molecule has 1 aromatic heterocycles. The molecule has 0 radical (unpaired) electrons. The summed E-state index contributed by atoms with van der Waals surface area (Å²) in [5.41, 5.74) is 0.798. The van der Waals surface area contributed by atoms with Gasteiger partial charge in [-0.25, -0.2) is 0 Å². The molecule has 1 unspecified atom stereocenters. The Hall–Kier alpha value is -0.740. The van der Waals surface area contributed by atoms with Crippen LogP contribution in [0.15, 0.2) is 10.7 Å². The molecular weight excluding hydrogens is 226 g/mol. The lowest BCUT2D eigenvalue weighted by Gasteiger charge is -2.18. The van der Waals surface area contributed by atoms with Crippen LogP contribution in [0, 0.1) is 5.92 Å². The van der Waals surface area contributed by atoms with Crippen molar-refractivity contribution in [2.24, 2.45) is 5.92 Å². The lowest BCUT2D eigenvalue weighted by atomic mass is 10.1. The molecule has 0 saturated carbocycles. The molecule has 2 rings (SSSR count). The van der Waals surface area contributed by atoms with Crippen molar-refractivity contribution < 1.29 is 4.42 Å². The minimum atomic E-state index is 0.406. The molecule has 1 aromatic rings. The van der Waals surface area contributed by atoms with Gasteiger partial charge in [-0.3, -0.25) is 0 Å². The smallest absolute Gasteiger partial charge is 0.297 e. The largest absolute Gasteiger partial charge is 0.432 e. The van der Waals surface area contributed by atoms with Crippen LogP contribution in [-0.4, -0.2) is 43.6 Å². The summed E-state index contributed by atoms with van der Waals surface area (Å²) >= 11 is 5.69. The summed E-state index contributed by atoms with van der Waals surface area (Å²) in [4.78, 5) is 8.73. The highest BCUT2D eigenvalue weighted by Crippen LogP contribution is 2.19. The molecular formula is C11H18ClN3O. The monoisotopic (exact) mass is 243 g/mol. The van der Waals surface area contributed by atoms with Gasteiger partial charge in [-0.05, 0) is 25.9 Å². The molecule has 1 aliphatic rings. The van der Waals surface area contributed by atoms with E-state index in [2.05, 4.69) is 21.8 Å². The number of nitrogens with zero attached hydrogens (tertiary/aromatic N) is 3. The highest BCUT2D eigenvalue weighted by molar-refractivity contribution is 6.16. The van der Waals surface area contributed by atoms with Gasteiger partial charge in [0.25, 0.3) is 6.01 Å². The summed E-state index contributed by atoms with van der Waals surface area (Å²) in [5, 5.41) is 0. The third-order valence-corrected chi connectivity index (χ3v) is 3.30. The summed E-state index contributed by atoms with van der Waals surface area (Å²) in [5.74, 6) is 1.12. The van der Waals surface area contributed by atoms with Crippen molar-refractivity contribution >= 4 is 17.6 Å². The topological polar surface area (TPSA) is 32.5 Å². The number of halogens is 1. The minimum Gasteiger partial charge on any atom is -0.432 e. The fourth-order valence-corrected chi connectivity index (χ4v) is 2.30. The summed E-state index contributed by atoms with van der Waals surface area (Å²) in [6, 6.07) is 0.671. The van der Waals surface area contributed by atoms with Gasteiger partial charge in [0, 0.05) is 20.1 Å². The molecule has 2 heterocycles. The molecule has 90 valence electrons. The Labute approximate surface area is 101 Å². The van der Waals surface area contributed by atoms with Crippen LogP contribution in [0.1, 0.15) is 12.1 Å². The molecule has 5 heteroatoms. The lowest BCUT2D eigenvalue weighted by Crippen LogP contribution is -2.27. The van der Waals surface area contributed by atoms with Crippen LogP contribution in [0.4, 0.5) is 6.01 Å². The summed E-state index contributed by atoms with van der Waals surface area (Å²) in [6.07, 6.45) is 2.88. The molecule has 1 fully saturated rings. The number of hydrogen-bond donors (Lipinski definition) is 0. The molecule has 0 aromatic carbocycles. The average Bonchev–Trinajstić information content (AvgIpc) is 2.87. The quantitative estimate of drug-likeness (QED) is 0.755. The molecule has 16 heavy (non-hydrogen) atoms. The molecule has 0 bridgehead atoms. The molecule has 1 atom stereocenters. The van der Waals surface area contributed by atoms with Gasteiger partial charge >= 0.3 is 0 Å². The van der Waals surface area contributed by atoms with E-state index >= 15 is 0 Å². The van der Waals surface area contributed by atoms with Crippen LogP contribution in [-0.2, 0) is 5.88 Å². The minimum absolute atomic E-state index is 0.406. The number of hydrogen-bond acceptors (Lipinski definition) is 4. The van der Waals surface area contributed by atoms with Gasteiger partial charge in [0.2, 0.25) is 0 Å². The molecule has 0 spiro atoms. The third kappa shape index (κ3) is 2.68. The van der Waals surface area contributed by atoms with Crippen LogP contribution < -0.4 is 4.90 Å². The molecule has 1 aliphatic heterocycles. The molecule has 1 saturated heterocycles. The first-order valence-corrected chi connectivity index (χ1v) is 6.12. The zero-order chi connectivity index (χ0) is 11.5. The Kier molecular flexibility index (Phi) is 3.71. The second-order valence-corrected chi connectivity index (χ2v) is 4.82. The van der Waals surface area contributed by atoms with E-state index in [0.29, 0.717) is 17.8 Å². The summed E-state index contributed by atoms with van der Waals surface area (Å²) in [6.45, 7) is 3.34. The predicted octanol–water partition coefficient (Wildman–Crippen LogP) is 1.80. The van der Waals surface area contributed by atoms with Crippen molar-refractivity contribution in [1.29, 1.82) is 0 Å². The third-order valence-electron chi connectivity index (χ3n) is 3.02. The van der Waals surface area contributed by atoms with E-state index in [9.17, 15) is 0 Å². The van der Waals surface area contributed by atoms with E-state index < -0.39 is 0 Å². The number of alkyl halides is 1. The normalized spacial score (nSPS) is 21.6. The van der Waals surface area contributed by atoms with E-state index in [4.69, 9.17) is 16.0 Å². The Morgan fingerprint density at radius 2 is 2.50 bits per heavy atom. The average molecular weight is 244 g/mol. The maximum absolute atomic E-state index is 5.69. The predicted molar refractivity (Wildman–Crippen MR) is 64.9 cm³/mol. The van der Waals surface area contributed by atoms with E-state index in [1.165, 1.54) is 13.0 Å². The van der Waals surface area contributed by atoms with Crippen molar-refractivity contribution in [3.63, 3.8) is 0 Å². The number of likely N-dealkylation sites (tertiary alicyclic amines) is 1. The first-order valence-electron chi connectivity index (χ1n) is 5.59. The Morgan fingerprint density at radius 3 is 3.06 bits per heavy atom. The van der Waals surface area contributed by atoms with Gasteiger partial charge in [-0.2, -0.15) is 4.98 Å². The Morgan fingerprint density at radius 1 is 1.69 bits per heavy atom. The first-order chi connectivity index (χ1) is 7.69. The number of rotatable bonds is 4. The van der Waals surface area contributed by atoms with E-state index in [-0.39, 0.29) is 0 Å². The van der Waals surface area contributed by atoms with Crippen molar-refractivity contribution in [3.8, 4) is 0 Å². The number of anilines is 1. The summed E-state index contributed by atoms with van der Waals surface area (Å²) in [7, 11) is 4.18. The number of aromatic nitrogens is 1. The van der Waals surface area contributed by atoms with Gasteiger partial charge in [-0.15, -0.1) is 11.6 Å². The Balaban J connectivity index is 1.89. The van der Waals surface area contributed by atoms with E-state index in [1.807, 2.05) is 7.05 Å². The maximum Gasteiger partial charge on any atom is 0.297 e. The first kappa shape index (κ1) is 11.7. The van der Waals surface area contributed by atoms with Crippen molar-refractivity contribution in [2.45, 2.75) is 12.3 Å². The van der Waals surface area contributed by atoms with Crippen LogP contribution in [0.5, 0.6) is 0 Å². The molecule has 0 N–H and O–H groups in total. The van der Waals surface area contributed by atoms with Gasteiger partial charge in [0.05, 0.1) is 11.6 Å². The lowest BCUT2D eigenvalue weighted by molar-refractivity contribution is 0.393. The molecule has 0 aliphatic carbocycles. The highest BCUT2D eigenvalue weighted by atomic mass is 35.5. The Bertz CT molecular complexity index is 342. The van der Waals surface area contributed by atoms with Gasteiger partial charge in [0.1, 0.15) is 6.26 Å². The molecule has 4 nitrogen and oxygen atoms in total. The van der Waals surface area contributed by atoms with Crippen molar-refractivity contribution in [2.75, 3.05) is 38.6 Å². The summed E-state index contributed by atoms with van der Waals surface area (Å²) < 4.78 is 5.37. The van der Waals surface area contributed by atoms with Gasteiger partial charge in [-0.1, -0.05) is 0 Å². The fraction of sp³-hybridized carbons (Fsp3) is 0.727. The SMILES string of the molecule is CN1CCC(CN(C)c2nc(CCl)co2)C1. The number of oxazole rings is 1. The zero-order valence-electron chi connectivity index (χ0n) is 9.82. The van der Waals surface area contributed by atoms with Crippen LogP contribution in [0.3, 0.4) is 0 Å². The van der Waals surface area contributed by atoms with Crippen LogP contribution in [0.25, 0.3) is 0 Å². The fourth-order valence-electron chi connectivity index (χ4n) is 2.17. The van der Waals surface area contributed by atoms with E-state index in [0.717, 1.165) is 18.8 Å². The van der Waals surface area contributed by atoms with Crippen LogP contribution in [0.2, 0.25) is 0 Å². The second kappa shape index (κ2) is 5.06. The zero-order valence-corrected chi connectivity index (χ0v) is 10.6. The van der Waals surface area contributed by atoms with Gasteiger partial charge < -0.3 is 14.2 Å². The molecule has 0 amide bonds. The van der Waals surface area contributed by atoms with Gasteiger partial charge in [0.15, 0.2) is 0 Å². The van der Waals surface area contributed by atoms with Crippen LogP contribution >= 0.6 is 11.6 Å². The van der Waals surface area contributed by atoms with E-state index in [1.54, 1.807) is 6.26 Å². The van der Waals surface area contributed by atoms with Crippen molar-refractivity contribution in [3.05, 3.63) is 12.0 Å². The van der Waals surface area contributed by atoms with Crippen molar-refractivity contribution in [1.82, 2.24) is 9.88 Å². The highest BCUT2D eigenvalue weighted by Gasteiger charge is 2.22.